The Morgan fingerprint density at radius 3 is 1.05 bits per heavy atom. The molecule has 4 nitrogen and oxygen atoms in total. The minimum absolute atomic E-state index is 0.617. The summed E-state index contributed by atoms with van der Waals surface area (Å²) in [6.07, 6.45) is 19.4. The molecule has 0 unspecified atom stereocenters. The maximum atomic E-state index is 7.17. The second-order valence-corrected chi connectivity index (χ2v) is 20.2. The summed E-state index contributed by atoms with van der Waals surface area (Å²) in [6.45, 7) is 14.8. The Labute approximate surface area is 442 Å². The number of ether oxygens (including phenoxy) is 4. The normalized spacial score (nSPS) is 12.1. The van der Waals surface area contributed by atoms with Crippen LogP contribution in [-0.4, -0.2) is 26.4 Å². The lowest BCUT2D eigenvalue weighted by molar-refractivity contribution is 0.296. The van der Waals surface area contributed by atoms with Gasteiger partial charge >= 0.3 is 0 Å². The molecule has 9 rings (SSSR count). The summed E-state index contributed by atoms with van der Waals surface area (Å²) in [6, 6.07) is 54.0. The van der Waals surface area contributed by atoms with Crippen molar-refractivity contribution in [2.24, 2.45) is 0 Å². The van der Waals surface area contributed by atoms with Crippen LogP contribution in [-0.2, 0) is 25.7 Å². The van der Waals surface area contributed by atoms with Gasteiger partial charge in [-0.1, -0.05) is 173 Å². The average Bonchev–Trinajstić information content (AvgIpc) is 3.42. The Balaban J connectivity index is 1.26. The van der Waals surface area contributed by atoms with E-state index in [1.54, 1.807) is 0 Å². The summed E-state index contributed by atoms with van der Waals surface area (Å²) in [4.78, 5) is 0. The Morgan fingerprint density at radius 1 is 0.351 bits per heavy atom. The van der Waals surface area contributed by atoms with Crippen LogP contribution >= 0.6 is 0 Å². The molecular formula is C70H76O4. The standard InChI is InChI=1S/C70H76O4/c1-5-9-11-13-15-21-41-73-69-59-43-53-31-23-33-55(67(53)71-39-7-3)45-61-49-58(66-38-26-30-52-28-18-20-36-64(52)66)50-62(70(61)74-42-22-16-14-12-10-6-2)46-56-34-24-32-54(68(56)72-40-8-4)44-60(69)48-57(47-59)65-37-25-29-51-27-17-19-35-63(51)65/h5-6,17-20,23-38,47-50H,1-2,7-16,21-22,39-46H2,3-4H3. The highest BCUT2D eigenvalue weighted by Crippen LogP contribution is 2.43. The van der Waals surface area contributed by atoms with Gasteiger partial charge in [-0.05, 0) is 164 Å². The van der Waals surface area contributed by atoms with E-state index in [2.05, 4.69) is 173 Å². The Hall–Kier alpha value is -7.04. The van der Waals surface area contributed by atoms with Crippen molar-refractivity contribution in [3.05, 3.63) is 215 Å². The fraction of sp³-hybridized carbons (Fsp3) is 0.314. The first kappa shape index (κ1) is 51.8. The quantitative estimate of drug-likeness (QED) is 0.0447. The molecule has 0 heterocycles. The third-order valence-corrected chi connectivity index (χ3v) is 14.6. The molecule has 1 aliphatic rings. The van der Waals surface area contributed by atoms with Gasteiger partial charge in [0.2, 0.25) is 0 Å². The van der Waals surface area contributed by atoms with Crippen molar-refractivity contribution >= 4 is 21.5 Å². The topological polar surface area (TPSA) is 36.9 Å². The number of fused-ring (bicyclic) bond motifs is 10. The van der Waals surface area contributed by atoms with Gasteiger partial charge in [0.05, 0.1) is 26.4 Å². The number of benzene rings is 8. The summed E-state index contributed by atoms with van der Waals surface area (Å²) >= 11 is 0. The highest BCUT2D eigenvalue weighted by atomic mass is 16.5. The van der Waals surface area contributed by atoms with Gasteiger partial charge in [-0.2, -0.15) is 0 Å². The van der Waals surface area contributed by atoms with Crippen molar-refractivity contribution < 1.29 is 18.9 Å². The van der Waals surface area contributed by atoms with E-state index in [9.17, 15) is 0 Å². The second-order valence-electron chi connectivity index (χ2n) is 20.2. The summed E-state index contributed by atoms with van der Waals surface area (Å²) in [5.74, 6) is 3.85. The van der Waals surface area contributed by atoms with Crippen LogP contribution in [0, 0.1) is 0 Å². The molecule has 0 fully saturated rings. The lowest BCUT2D eigenvalue weighted by Crippen LogP contribution is -2.10. The van der Waals surface area contributed by atoms with E-state index in [1.807, 2.05) is 12.2 Å². The zero-order chi connectivity index (χ0) is 50.9. The average molecular weight is 981 g/mol. The van der Waals surface area contributed by atoms with Gasteiger partial charge in [-0.25, -0.2) is 0 Å². The molecule has 0 N–H and O–H groups in total. The van der Waals surface area contributed by atoms with Crippen LogP contribution < -0.4 is 18.9 Å². The summed E-state index contributed by atoms with van der Waals surface area (Å²) in [5.41, 5.74) is 14.0. The first-order valence-electron chi connectivity index (χ1n) is 27.8. The lowest BCUT2D eigenvalue weighted by atomic mass is 9.87. The zero-order valence-electron chi connectivity index (χ0n) is 44.2. The molecule has 0 aromatic heterocycles. The van der Waals surface area contributed by atoms with E-state index in [0.29, 0.717) is 52.1 Å². The number of hydrogen-bond acceptors (Lipinski definition) is 4. The molecular weight excluding hydrogens is 905 g/mol. The van der Waals surface area contributed by atoms with Crippen molar-refractivity contribution in [2.45, 2.75) is 117 Å². The van der Waals surface area contributed by atoms with E-state index >= 15 is 0 Å². The van der Waals surface area contributed by atoms with Crippen molar-refractivity contribution in [3.63, 3.8) is 0 Å². The minimum Gasteiger partial charge on any atom is -0.493 e. The first-order valence-corrected chi connectivity index (χ1v) is 27.8. The van der Waals surface area contributed by atoms with Crippen molar-refractivity contribution in [1.82, 2.24) is 0 Å². The van der Waals surface area contributed by atoms with Crippen LogP contribution in [0.3, 0.4) is 0 Å². The number of unbranched alkanes of at least 4 members (excludes halogenated alkanes) is 8. The highest BCUT2D eigenvalue weighted by molar-refractivity contribution is 5.98. The predicted molar refractivity (Wildman–Crippen MR) is 312 cm³/mol. The summed E-state index contributed by atoms with van der Waals surface area (Å²) in [5, 5.41) is 4.92. The van der Waals surface area contributed by atoms with Crippen molar-refractivity contribution in [3.8, 4) is 45.3 Å². The molecule has 1 aliphatic carbocycles. The molecule has 0 radical (unpaired) electrons. The molecule has 0 aliphatic heterocycles. The molecule has 8 aromatic rings. The summed E-state index contributed by atoms with van der Waals surface area (Å²) in [7, 11) is 0. The van der Waals surface area contributed by atoms with Crippen molar-refractivity contribution in [1.29, 1.82) is 0 Å². The van der Waals surface area contributed by atoms with E-state index in [0.717, 1.165) is 132 Å². The first-order chi connectivity index (χ1) is 36.6. The Kier molecular flexibility index (Phi) is 18.4. The monoisotopic (exact) mass is 981 g/mol. The fourth-order valence-corrected chi connectivity index (χ4v) is 10.9. The van der Waals surface area contributed by atoms with Crippen LogP contribution in [0.25, 0.3) is 43.8 Å². The van der Waals surface area contributed by atoms with Crippen LogP contribution in [0.4, 0.5) is 0 Å². The molecule has 74 heavy (non-hydrogen) atoms. The van der Waals surface area contributed by atoms with Gasteiger partial charge in [0, 0.05) is 25.7 Å². The maximum absolute atomic E-state index is 7.17. The smallest absolute Gasteiger partial charge is 0.126 e. The highest BCUT2D eigenvalue weighted by Gasteiger charge is 2.24. The van der Waals surface area contributed by atoms with Gasteiger partial charge < -0.3 is 18.9 Å². The van der Waals surface area contributed by atoms with E-state index in [1.165, 1.54) is 56.6 Å². The minimum atomic E-state index is 0.617. The predicted octanol–water partition coefficient (Wildman–Crippen LogP) is 18.6. The number of allylic oxidation sites excluding steroid dienone is 2. The van der Waals surface area contributed by atoms with Gasteiger partial charge in [0.15, 0.2) is 0 Å². The molecule has 0 saturated carbocycles. The number of para-hydroxylation sites is 2. The Morgan fingerprint density at radius 2 is 0.676 bits per heavy atom. The zero-order valence-corrected chi connectivity index (χ0v) is 44.2. The number of hydrogen-bond donors (Lipinski definition) is 0. The SMILES string of the molecule is C=CCCCCCCOc1c2cc(-c3cccc4ccccc34)cc1Cc1cccc(c1OCCC)Cc1cc(-c3cccc4ccccc34)cc(c1OCCCCCCC=C)Cc1cccc(c1OCCC)C2. The van der Waals surface area contributed by atoms with Crippen LogP contribution in [0.5, 0.6) is 23.0 Å². The molecule has 8 bridgehead atoms. The molecule has 380 valence electrons. The lowest BCUT2D eigenvalue weighted by Gasteiger charge is -2.24. The van der Waals surface area contributed by atoms with Gasteiger partial charge in [0.1, 0.15) is 23.0 Å². The van der Waals surface area contributed by atoms with Gasteiger partial charge in [-0.3, -0.25) is 0 Å². The van der Waals surface area contributed by atoms with Gasteiger partial charge in [-0.15, -0.1) is 13.2 Å². The third kappa shape index (κ3) is 12.6. The molecule has 0 spiro atoms. The molecule has 4 heteroatoms. The van der Waals surface area contributed by atoms with Crippen molar-refractivity contribution in [2.75, 3.05) is 26.4 Å². The molecule has 0 saturated heterocycles. The Bertz CT molecular complexity index is 2850. The molecule has 0 atom stereocenters. The molecule has 0 amide bonds. The summed E-state index contributed by atoms with van der Waals surface area (Å²) < 4.78 is 28.3. The van der Waals surface area contributed by atoms with E-state index < -0.39 is 0 Å². The van der Waals surface area contributed by atoms with Crippen LogP contribution in [0.1, 0.15) is 135 Å². The van der Waals surface area contributed by atoms with Crippen LogP contribution in [0.2, 0.25) is 0 Å². The third-order valence-electron chi connectivity index (χ3n) is 14.6. The van der Waals surface area contributed by atoms with Crippen LogP contribution in [0.15, 0.2) is 171 Å². The van der Waals surface area contributed by atoms with Gasteiger partial charge in [0.25, 0.3) is 0 Å². The van der Waals surface area contributed by atoms with E-state index in [-0.39, 0.29) is 0 Å². The second kappa shape index (κ2) is 26.3. The molecule has 8 aromatic carbocycles. The fourth-order valence-electron chi connectivity index (χ4n) is 10.9. The van der Waals surface area contributed by atoms with E-state index in [4.69, 9.17) is 18.9 Å². The maximum Gasteiger partial charge on any atom is 0.126 e. The number of rotatable bonds is 24. The largest absolute Gasteiger partial charge is 0.493 e.